The highest BCUT2D eigenvalue weighted by Gasteiger charge is 2.79. The molecule has 26 heavy (non-hydrogen) atoms. The molecule has 0 aliphatic carbocycles. The summed E-state index contributed by atoms with van der Waals surface area (Å²) in [7, 11) is 0. The number of nitrogens with one attached hydrogen (secondary N) is 1. The first-order valence-electron chi connectivity index (χ1n) is 5.77. The Morgan fingerprint density at radius 1 is 0.962 bits per heavy atom. The van der Waals surface area contributed by atoms with Gasteiger partial charge in [0.15, 0.2) is 0 Å². The van der Waals surface area contributed by atoms with Crippen LogP contribution in [0.5, 0.6) is 0 Å². The fourth-order valence-corrected chi connectivity index (χ4v) is 1.52. The van der Waals surface area contributed by atoms with E-state index in [1.807, 2.05) is 0 Å². The molecule has 6 nitrogen and oxygen atoms in total. The molecule has 150 valence electrons. The molecule has 0 spiro atoms. The fraction of sp³-hybridized carbons (Fsp3) is 0.667. The van der Waals surface area contributed by atoms with Crippen LogP contribution >= 0.6 is 0 Å². The lowest BCUT2D eigenvalue weighted by Gasteiger charge is -2.33. The predicted molar refractivity (Wildman–Crippen MR) is 55.9 cm³/mol. The van der Waals surface area contributed by atoms with Crippen molar-refractivity contribution in [2.24, 2.45) is 0 Å². The summed E-state index contributed by atoms with van der Waals surface area (Å²) in [6.07, 6.45) is -21.0. The van der Waals surface area contributed by atoms with Crippen LogP contribution in [0.3, 0.4) is 0 Å². The third-order valence-electron chi connectivity index (χ3n) is 2.76. The van der Waals surface area contributed by atoms with Crippen molar-refractivity contribution in [2.45, 2.75) is 37.2 Å². The number of aromatic amines is 1. The first-order valence-corrected chi connectivity index (χ1v) is 5.77. The number of hydrogen-bond donors (Lipinski definition) is 1. The van der Waals surface area contributed by atoms with E-state index in [-0.39, 0.29) is 0 Å². The molecule has 0 aliphatic heterocycles. The standard InChI is InChI=1S/C9H4F11N3O3/c1-2-3(23(24)25)4(22-21-2)5(10,7(13,14)15)26-9(19,20)6(11,12)8(16,17)18/h1H3,(H,21,22). The maximum atomic E-state index is 14.2. The zero-order valence-corrected chi connectivity index (χ0v) is 11.8. The number of H-pyrrole nitrogens is 1. The van der Waals surface area contributed by atoms with Gasteiger partial charge in [0.25, 0.3) is 0 Å². The average molecular weight is 411 g/mol. The quantitative estimate of drug-likeness (QED) is 0.449. The summed E-state index contributed by atoms with van der Waals surface area (Å²) < 4.78 is 142. The van der Waals surface area contributed by atoms with Gasteiger partial charge in [-0.05, 0) is 6.92 Å². The molecule has 0 saturated heterocycles. The molecule has 0 fully saturated rings. The lowest BCUT2D eigenvalue weighted by Crippen LogP contribution is -2.58. The van der Waals surface area contributed by atoms with Gasteiger partial charge in [-0.1, -0.05) is 0 Å². The Morgan fingerprint density at radius 3 is 1.77 bits per heavy atom. The van der Waals surface area contributed by atoms with Crippen LogP contribution in [-0.4, -0.2) is 39.5 Å². The minimum absolute atomic E-state index is 0.619. The van der Waals surface area contributed by atoms with Crippen LogP contribution in [0.1, 0.15) is 11.4 Å². The third kappa shape index (κ3) is 3.26. The maximum absolute atomic E-state index is 14.2. The molecule has 17 heteroatoms. The molecule has 0 saturated carbocycles. The summed E-state index contributed by atoms with van der Waals surface area (Å²) in [5, 5.41) is 14.4. The Hall–Kier alpha value is -2.20. The van der Waals surface area contributed by atoms with Crippen LogP contribution in [0.15, 0.2) is 0 Å². The number of rotatable bonds is 5. The van der Waals surface area contributed by atoms with E-state index < -0.39 is 52.2 Å². The van der Waals surface area contributed by atoms with Gasteiger partial charge >= 0.3 is 35.9 Å². The Balaban J connectivity index is 3.62. The van der Waals surface area contributed by atoms with E-state index >= 15 is 0 Å². The monoisotopic (exact) mass is 411 g/mol. The summed E-state index contributed by atoms with van der Waals surface area (Å²) >= 11 is 0. The second-order valence-corrected chi connectivity index (χ2v) is 4.59. The van der Waals surface area contributed by atoms with Crippen molar-refractivity contribution in [3.8, 4) is 0 Å². The van der Waals surface area contributed by atoms with E-state index in [0.29, 0.717) is 6.92 Å². The van der Waals surface area contributed by atoms with Crippen LogP contribution in [0.2, 0.25) is 0 Å². The van der Waals surface area contributed by atoms with Gasteiger partial charge in [-0.3, -0.25) is 19.9 Å². The highest BCUT2D eigenvalue weighted by molar-refractivity contribution is 5.42. The number of nitro groups is 1. The largest absolute Gasteiger partial charge is 0.462 e. The Labute approximate surface area is 134 Å². The van der Waals surface area contributed by atoms with Gasteiger partial charge in [-0.25, -0.2) is 0 Å². The molecule has 1 rings (SSSR count). The lowest BCUT2D eigenvalue weighted by atomic mass is 10.1. The third-order valence-corrected chi connectivity index (χ3v) is 2.76. The predicted octanol–water partition coefficient (Wildman–Crippen LogP) is 4.12. The van der Waals surface area contributed by atoms with Gasteiger partial charge in [-0.15, -0.1) is 0 Å². The van der Waals surface area contributed by atoms with Gasteiger partial charge in [0, 0.05) is 0 Å². The van der Waals surface area contributed by atoms with Crippen LogP contribution in [0, 0.1) is 17.0 Å². The van der Waals surface area contributed by atoms with E-state index in [9.17, 15) is 58.4 Å². The summed E-state index contributed by atoms with van der Waals surface area (Å²) in [5.41, 5.74) is -5.52. The minimum Gasteiger partial charge on any atom is -0.275 e. The Morgan fingerprint density at radius 2 is 1.42 bits per heavy atom. The van der Waals surface area contributed by atoms with Crippen molar-refractivity contribution < 1.29 is 58.0 Å². The average Bonchev–Trinajstić information content (AvgIpc) is 2.77. The second-order valence-electron chi connectivity index (χ2n) is 4.59. The number of hydrogen-bond acceptors (Lipinski definition) is 4. The van der Waals surface area contributed by atoms with Gasteiger partial charge in [-0.2, -0.15) is 53.4 Å². The molecular formula is C9H4F11N3O3. The SMILES string of the molecule is Cc1[nH]nc(C(F)(OC(F)(F)C(F)(F)C(F)(F)F)C(F)(F)F)c1[N+](=O)[O-]. The van der Waals surface area contributed by atoms with Gasteiger partial charge in [0.1, 0.15) is 5.69 Å². The zero-order valence-electron chi connectivity index (χ0n) is 11.8. The number of aromatic nitrogens is 2. The molecule has 1 aromatic heterocycles. The molecule has 1 unspecified atom stereocenters. The molecular weight excluding hydrogens is 407 g/mol. The van der Waals surface area contributed by atoms with E-state index in [2.05, 4.69) is 9.84 Å². The fourth-order valence-electron chi connectivity index (χ4n) is 1.52. The number of halogens is 11. The summed E-state index contributed by atoms with van der Waals surface area (Å²) in [6, 6.07) is 0. The second kappa shape index (κ2) is 5.92. The molecule has 0 radical (unpaired) electrons. The van der Waals surface area contributed by atoms with Crippen LogP contribution in [0.4, 0.5) is 54.0 Å². The number of ether oxygens (including phenoxy) is 1. The van der Waals surface area contributed by atoms with Crippen molar-refractivity contribution in [3.05, 3.63) is 21.5 Å². The van der Waals surface area contributed by atoms with Gasteiger partial charge in [0.2, 0.25) is 5.69 Å². The smallest absolute Gasteiger partial charge is 0.275 e. The molecule has 1 atom stereocenters. The maximum Gasteiger partial charge on any atom is 0.462 e. The molecule has 0 amide bonds. The Bertz CT molecular complexity index is 695. The topological polar surface area (TPSA) is 81.0 Å². The van der Waals surface area contributed by atoms with Crippen molar-refractivity contribution in [1.82, 2.24) is 10.2 Å². The summed E-state index contributed by atoms with van der Waals surface area (Å²) in [4.78, 5) is 8.87. The molecule has 1 aromatic rings. The Kier molecular flexibility index (Phi) is 4.97. The molecule has 0 aliphatic rings. The first-order chi connectivity index (χ1) is 11.3. The zero-order chi connectivity index (χ0) is 20.9. The van der Waals surface area contributed by atoms with Crippen molar-refractivity contribution >= 4 is 5.69 Å². The molecule has 1 heterocycles. The summed E-state index contributed by atoms with van der Waals surface area (Å²) in [5.74, 6) is -13.5. The highest BCUT2D eigenvalue weighted by Crippen LogP contribution is 2.54. The number of nitrogens with zero attached hydrogens (tertiary/aromatic N) is 2. The molecule has 1 N–H and O–H groups in total. The van der Waals surface area contributed by atoms with E-state index in [1.165, 1.54) is 5.10 Å². The van der Waals surface area contributed by atoms with Gasteiger partial charge < -0.3 is 0 Å². The van der Waals surface area contributed by atoms with E-state index in [0.717, 1.165) is 0 Å². The van der Waals surface area contributed by atoms with Crippen LogP contribution < -0.4 is 0 Å². The normalized spacial score (nSPS) is 16.5. The number of alkyl halides is 11. The lowest BCUT2D eigenvalue weighted by molar-refractivity contribution is -0.490. The minimum atomic E-state index is -7.28. The van der Waals surface area contributed by atoms with Crippen molar-refractivity contribution in [2.75, 3.05) is 0 Å². The van der Waals surface area contributed by atoms with E-state index in [1.54, 1.807) is 0 Å². The van der Waals surface area contributed by atoms with Crippen molar-refractivity contribution in [1.29, 1.82) is 0 Å². The first kappa shape index (κ1) is 21.8. The van der Waals surface area contributed by atoms with E-state index in [4.69, 9.17) is 0 Å². The highest BCUT2D eigenvalue weighted by atomic mass is 19.4. The van der Waals surface area contributed by atoms with Gasteiger partial charge in [0.05, 0.1) is 4.92 Å². The van der Waals surface area contributed by atoms with Crippen LogP contribution in [0.25, 0.3) is 0 Å². The van der Waals surface area contributed by atoms with Crippen LogP contribution in [-0.2, 0) is 10.6 Å². The molecule has 0 bridgehead atoms. The van der Waals surface area contributed by atoms with Crippen molar-refractivity contribution in [3.63, 3.8) is 0 Å². The summed E-state index contributed by atoms with van der Waals surface area (Å²) in [6.45, 7) is 0.619. The molecule has 0 aromatic carbocycles. The number of aryl methyl sites for hydroxylation is 1.